The quantitative estimate of drug-likeness (QED) is 0.502. The molecule has 0 aliphatic carbocycles. The Morgan fingerprint density at radius 1 is 1.88 bits per heavy atom. The SMILES string of the molecule is [2H]C[C@H]1O[C@@H](C)CC1O. The van der Waals surface area contributed by atoms with Gasteiger partial charge in [0.1, 0.15) is 0 Å². The van der Waals surface area contributed by atoms with Crippen molar-refractivity contribution in [2.45, 2.75) is 38.6 Å². The summed E-state index contributed by atoms with van der Waals surface area (Å²) in [7, 11) is 0. The second-order valence-electron chi connectivity index (χ2n) is 2.29. The van der Waals surface area contributed by atoms with Gasteiger partial charge in [0.25, 0.3) is 0 Å². The van der Waals surface area contributed by atoms with Crippen molar-refractivity contribution in [3.8, 4) is 0 Å². The molecule has 0 aromatic heterocycles. The van der Waals surface area contributed by atoms with Crippen molar-refractivity contribution in [2.75, 3.05) is 0 Å². The van der Waals surface area contributed by atoms with Gasteiger partial charge in [0.05, 0.1) is 18.3 Å². The molecule has 1 aliphatic heterocycles. The van der Waals surface area contributed by atoms with Crippen molar-refractivity contribution >= 4 is 0 Å². The van der Waals surface area contributed by atoms with Crippen LogP contribution in [0.2, 0.25) is 0 Å². The number of hydrogen-bond acceptors (Lipinski definition) is 2. The minimum Gasteiger partial charge on any atom is -0.390 e. The fraction of sp³-hybridized carbons (Fsp3) is 1.00. The summed E-state index contributed by atoms with van der Waals surface area (Å²) in [5.41, 5.74) is 0. The van der Waals surface area contributed by atoms with Crippen LogP contribution in [0, 0.1) is 0 Å². The van der Waals surface area contributed by atoms with Gasteiger partial charge >= 0.3 is 0 Å². The molecule has 0 aromatic carbocycles. The van der Waals surface area contributed by atoms with E-state index in [0.717, 1.165) is 0 Å². The molecule has 1 heterocycles. The smallest absolute Gasteiger partial charge is 0.0823 e. The van der Waals surface area contributed by atoms with Crippen molar-refractivity contribution in [2.24, 2.45) is 0 Å². The van der Waals surface area contributed by atoms with Crippen LogP contribution in [0.4, 0.5) is 0 Å². The summed E-state index contributed by atoms with van der Waals surface area (Å²) in [6.07, 6.45) is 0.177. The molecule has 1 aliphatic rings. The molecule has 0 aromatic rings. The maximum absolute atomic E-state index is 9.11. The summed E-state index contributed by atoms with van der Waals surface area (Å²) in [4.78, 5) is 0. The Morgan fingerprint density at radius 3 is 2.88 bits per heavy atom. The largest absolute Gasteiger partial charge is 0.390 e. The predicted molar refractivity (Wildman–Crippen MR) is 30.6 cm³/mol. The van der Waals surface area contributed by atoms with Gasteiger partial charge in [-0.1, -0.05) is 0 Å². The first-order valence-electron chi connectivity index (χ1n) is 3.57. The third-order valence-electron chi connectivity index (χ3n) is 1.41. The van der Waals surface area contributed by atoms with E-state index in [-0.39, 0.29) is 19.1 Å². The second kappa shape index (κ2) is 2.03. The lowest BCUT2D eigenvalue weighted by Crippen LogP contribution is -2.15. The Hall–Kier alpha value is -0.0800. The molecule has 2 nitrogen and oxygen atoms in total. The molecule has 3 atom stereocenters. The van der Waals surface area contributed by atoms with E-state index >= 15 is 0 Å². The summed E-state index contributed by atoms with van der Waals surface area (Å²) in [6.45, 7) is 2.09. The molecule has 1 fully saturated rings. The van der Waals surface area contributed by atoms with Crippen LogP contribution in [0.3, 0.4) is 0 Å². The highest BCUT2D eigenvalue weighted by Gasteiger charge is 2.26. The van der Waals surface area contributed by atoms with Crippen LogP contribution in [0.15, 0.2) is 0 Å². The molecule has 1 saturated heterocycles. The Labute approximate surface area is 50.9 Å². The second-order valence-corrected chi connectivity index (χ2v) is 2.29. The first-order valence-corrected chi connectivity index (χ1v) is 2.87. The van der Waals surface area contributed by atoms with Crippen LogP contribution in [-0.2, 0) is 4.74 Å². The van der Waals surface area contributed by atoms with Gasteiger partial charge in [0, 0.05) is 7.79 Å². The number of rotatable bonds is 0. The van der Waals surface area contributed by atoms with Crippen LogP contribution in [0.5, 0.6) is 0 Å². The van der Waals surface area contributed by atoms with Gasteiger partial charge in [-0.05, 0) is 13.8 Å². The van der Waals surface area contributed by atoms with E-state index in [0.29, 0.717) is 6.42 Å². The van der Waals surface area contributed by atoms with Gasteiger partial charge in [0.15, 0.2) is 0 Å². The third kappa shape index (κ3) is 1.01. The maximum atomic E-state index is 9.11. The van der Waals surface area contributed by atoms with Crippen molar-refractivity contribution in [1.82, 2.24) is 0 Å². The zero-order chi connectivity index (χ0) is 6.85. The minimum absolute atomic E-state index is 0.135. The standard InChI is InChI=1S/C6H12O2/c1-4-3-6(7)5(2)8-4/h4-7H,3H2,1-2H3/t4-,5+,6?/m0/s1/i2D. The Balaban J connectivity index is 2.38. The fourth-order valence-electron chi connectivity index (χ4n) is 0.936. The molecular formula is C6H12O2. The molecule has 0 saturated carbocycles. The molecule has 0 radical (unpaired) electrons. The monoisotopic (exact) mass is 117 g/mol. The van der Waals surface area contributed by atoms with E-state index in [1.165, 1.54) is 0 Å². The molecule has 0 amide bonds. The van der Waals surface area contributed by atoms with Crippen LogP contribution in [0.25, 0.3) is 0 Å². The van der Waals surface area contributed by atoms with E-state index in [1.807, 2.05) is 6.92 Å². The number of ether oxygens (including phenoxy) is 1. The van der Waals surface area contributed by atoms with Crippen LogP contribution in [0.1, 0.15) is 21.6 Å². The van der Waals surface area contributed by atoms with Crippen LogP contribution < -0.4 is 0 Å². The maximum Gasteiger partial charge on any atom is 0.0823 e. The van der Waals surface area contributed by atoms with Crippen molar-refractivity contribution < 1.29 is 11.2 Å². The van der Waals surface area contributed by atoms with Gasteiger partial charge in [-0.2, -0.15) is 0 Å². The zero-order valence-corrected chi connectivity index (χ0v) is 5.00. The highest BCUT2D eigenvalue weighted by Crippen LogP contribution is 2.18. The lowest BCUT2D eigenvalue weighted by Gasteiger charge is -2.04. The molecule has 8 heavy (non-hydrogen) atoms. The van der Waals surface area contributed by atoms with Crippen molar-refractivity contribution in [1.29, 1.82) is 0 Å². The number of aliphatic hydroxyl groups excluding tert-OH is 1. The molecule has 1 N–H and O–H groups in total. The van der Waals surface area contributed by atoms with Crippen molar-refractivity contribution in [3.63, 3.8) is 0 Å². The highest BCUT2D eigenvalue weighted by molar-refractivity contribution is 4.75. The summed E-state index contributed by atoms with van der Waals surface area (Å²) in [5.74, 6) is 0. The number of aliphatic hydroxyl groups is 1. The summed E-state index contributed by atoms with van der Waals surface area (Å²) < 4.78 is 12.1. The summed E-state index contributed by atoms with van der Waals surface area (Å²) >= 11 is 0. The van der Waals surface area contributed by atoms with Crippen molar-refractivity contribution in [3.05, 3.63) is 0 Å². The molecule has 1 rings (SSSR count). The Bertz CT molecular complexity index is 97.1. The number of hydrogen-bond donors (Lipinski definition) is 1. The van der Waals surface area contributed by atoms with Crippen LogP contribution in [-0.4, -0.2) is 23.4 Å². The fourth-order valence-corrected chi connectivity index (χ4v) is 0.936. The molecular weight excluding hydrogens is 104 g/mol. The summed E-state index contributed by atoms with van der Waals surface area (Å²) in [5, 5.41) is 9.11. The Morgan fingerprint density at radius 2 is 2.62 bits per heavy atom. The van der Waals surface area contributed by atoms with E-state index in [2.05, 4.69) is 0 Å². The first kappa shape index (κ1) is 4.77. The molecule has 48 valence electrons. The lowest BCUT2D eigenvalue weighted by atomic mass is 10.2. The minimum atomic E-state index is -0.405. The van der Waals surface area contributed by atoms with E-state index in [1.54, 1.807) is 0 Å². The topological polar surface area (TPSA) is 29.5 Å². The average molecular weight is 117 g/mol. The van der Waals surface area contributed by atoms with E-state index < -0.39 is 6.10 Å². The predicted octanol–water partition coefficient (Wildman–Crippen LogP) is 0.545. The van der Waals surface area contributed by atoms with Gasteiger partial charge in [-0.25, -0.2) is 0 Å². The van der Waals surface area contributed by atoms with E-state index in [9.17, 15) is 0 Å². The zero-order valence-electron chi connectivity index (χ0n) is 6.00. The molecule has 2 heteroatoms. The Kier molecular flexibility index (Phi) is 1.21. The summed E-state index contributed by atoms with van der Waals surface area (Å²) in [6, 6.07) is 0. The first-order chi connectivity index (χ1) is 4.24. The van der Waals surface area contributed by atoms with Gasteiger partial charge < -0.3 is 9.84 Å². The van der Waals surface area contributed by atoms with Gasteiger partial charge in [0.2, 0.25) is 0 Å². The lowest BCUT2D eigenvalue weighted by molar-refractivity contribution is 0.0287. The normalized spacial score (nSPS) is 49.2. The molecule has 1 unspecified atom stereocenters. The highest BCUT2D eigenvalue weighted by atomic mass is 16.5. The van der Waals surface area contributed by atoms with E-state index in [4.69, 9.17) is 11.2 Å². The third-order valence-corrected chi connectivity index (χ3v) is 1.41. The molecule has 0 bridgehead atoms. The van der Waals surface area contributed by atoms with Gasteiger partial charge in [-0.15, -0.1) is 0 Å². The van der Waals surface area contributed by atoms with Gasteiger partial charge in [-0.3, -0.25) is 0 Å². The average Bonchev–Trinajstić information content (AvgIpc) is 2.10. The molecule has 0 spiro atoms. The van der Waals surface area contributed by atoms with Crippen LogP contribution >= 0.6 is 0 Å².